The molecule has 0 saturated carbocycles. The molecule has 1 aromatic heterocycles. The summed E-state index contributed by atoms with van der Waals surface area (Å²) in [5, 5.41) is 4.08. The van der Waals surface area contributed by atoms with Crippen molar-refractivity contribution >= 4 is 41.6 Å². The zero-order chi connectivity index (χ0) is 24.1. The number of carbonyl (C=O) groups excluding carboxylic acids is 2. The minimum atomic E-state index is -0.459. The quantitative estimate of drug-likeness (QED) is 0.361. The highest BCUT2D eigenvalue weighted by Crippen LogP contribution is 2.45. The molecule has 34 heavy (non-hydrogen) atoms. The molecule has 2 heterocycles. The molecule has 2 amide bonds. The van der Waals surface area contributed by atoms with Crippen LogP contribution in [0.2, 0.25) is 0 Å². The van der Waals surface area contributed by atoms with Crippen molar-refractivity contribution in [2.24, 2.45) is 10.8 Å². The number of thioether (sulfide) groups is 2. The van der Waals surface area contributed by atoms with Gasteiger partial charge >= 0.3 is 0 Å². The van der Waals surface area contributed by atoms with Crippen LogP contribution in [0.25, 0.3) is 5.69 Å². The van der Waals surface area contributed by atoms with Gasteiger partial charge < -0.3 is 15.0 Å². The van der Waals surface area contributed by atoms with E-state index in [1.807, 2.05) is 72.3 Å². The Morgan fingerprint density at radius 3 is 2.44 bits per heavy atom. The van der Waals surface area contributed by atoms with E-state index in [4.69, 9.17) is 10.5 Å². The number of carbonyl (C=O) groups is 2. The first-order valence-corrected chi connectivity index (χ1v) is 12.9. The first-order chi connectivity index (χ1) is 16.4. The Kier molecular flexibility index (Phi) is 7.64. The van der Waals surface area contributed by atoms with Crippen molar-refractivity contribution in [2.45, 2.75) is 18.4 Å². The van der Waals surface area contributed by atoms with Crippen LogP contribution in [-0.4, -0.2) is 40.7 Å². The van der Waals surface area contributed by atoms with Crippen LogP contribution in [0, 0.1) is 13.8 Å². The summed E-state index contributed by atoms with van der Waals surface area (Å²) in [6.07, 6.45) is 1.61. The van der Waals surface area contributed by atoms with Gasteiger partial charge in [-0.05, 0) is 61.9 Å². The van der Waals surface area contributed by atoms with E-state index in [0.717, 1.165) is 22.6 Å². The third-order valence-electron chi connectivity index (χ3n) is 5.42. The fourth-order valence-corrected chi connectivity index (χ4v) is 6.58. The zero-order valence-electron chi connectivity index (χ0n) is 19.0. The standard InChI is InChI=1S/C25H26N4O3S2/c1-16-13-20(17(2)29(16)21-7-3-18(4-8-21)24(26)31)14-27-28-23(30)15-32-22-9-5-19(6-10-22)25-33-11-12-34-25/h3-10,13-14,25H,11-12,15H2,1-2H3,(H2,26,31)(H,28,30)/b27-14-. The lowest BCUT2D eigenvalue weighted by Gasteiger charge is -2.10. The highest BCUT2D eigenvalue weighted by Gasteiger charge is 2.18. The zero-order valence-corrected chi connectivity index (χ0v) is 20.6. The second-order valence-corrected chi connectivity index (χ2v) is 10.5. The lowest BCUT2D eigenvalue weighted by Crippen LogP contribution is -2.24. The summed E-state index contributed by atoms with van der Waals surface area (Å²) in [7, 11) is 0. The van der Waals surface area contributed by atoms with Crippen molar-refractivity contribution in [1.29, 1.82) is 0 Å². The number of rotatable bonds is 8. The van der Waals surface area contributed by atoms with E-state index in [1.165, 1.54) is 17.1 Å². The number of benzene rings is 2. The third kappa shape index (κ3) is 5.66. The molecule has 1 aliphatic rings. The Hall–Kier alpha value is -3.17. The number of hydrogen-bond donors (Lipinski definition) is 2. The predicted octanol–water partition coefficient (Wildman–Crippen LogP) is 4.20. The van der Waals surface area contributed by atoms with Crippen molar-refractivity contribution in [3.63, 3.8) is 0 Å². The fraction of sp³-hybridized carbons (Fsp3) is 0.240. The van der Waals surface area contributed by atoms with Gasteiger partial charge in [0.15, 0.2) is 6.61 Å². The molecule has 0 radical (unpaired) electrons. The van der Waals surface area contributed by atoms with Crippen molar-refractivity contribution < 1.29 is 14.3 Å². The van der Waals surface area contributed by atoms with E-state index >= 15 is 0 Å². The average molecular weight is 495 g/mol. The molecule has 0 aliphatic carbocycles. The summed E-state index contributed by atoms with van der Waals surface area (Å²) in [6.45, 7) is 3.83. The SMILES string of the molecule is Cc1cc(/C=N\NC(=O)COc2ccc(C3SCCS3)cc2)c(C)n1-c1ccc(C(N)=O)cc1. The van der Waals surface area contributed by atoms with Crippen LogP contribution < -0.4 is 15.9 Å². The summed E-state index contributed by atoms with van der Waals surface area (Å²) < 4.78 is 8.12. The van der Waals surface area contributed by atoms with Gasteiger partial charge in [-0.25, -0.2) is 5.43 Å². The maximum absolute atomic E-state index is 12.1. The van der Waals surface area contributed by atoms with Gasteiger partial charge in [-0.2, -0.15) is 5.10 Å². The van der Waals surface area contributed by atoms with Crippen molar-refractivity contribution in [3.05, 3.63) is 82.7 Å². The number of primary amides is 1. The molecule has 1 aliphatic heterocycles. The van der Waals surface area contributed by atoms with Gasteiger partial charge in [-0.3, -0.25) is 9.59 Å². The van der Waals surface area contributed by atoms with Crippen LogP contribution in [0.15, 0.2) is 59.7 Å². The summed E-state index contributed by atoms with van der Waals surface area (Å²) in [5.74, 6) is 2.23. The molecule has 9 heteroatoms. The molecule has 0 spiro atoms. The van der Waals surface area contributed by atoms with Gasteiger partial charge in [0.05, 0.1) is 10.8 Å². The molecule has 1 fully saturated rings. The van der Waals surface area contributed by atoms with Gasteiger partial charge in [0, 0.05) is 39.7 Å². The monoisotopic (exact) mass is 494 g/mol. The molecule has 0 unspecified atom stereocenters. The minimum absolute atomic E-state index is 0.116. The van der Waals surface area contributed by atoms with Gasteiger partial charge in [0.2, 0.25) is 5.91 Å². The van der Waals surface area contributed by atoms with Crippen LogP contribution in [0.1, 0.15) is 37.5 Å². The van der Waals surface area contributed by atoms with Crippen molar-refractivity contribution in [3.8, 4) is 11.4 Å². The maximum atomic E-state index is 12.1. The normalized spacial score (nSPS) is 13.9. The molecule has 176 valence electrons. The van der Waals surface area contributed by atoms with Crippen LogP contribution >= 0.6 is 23.5 Å². The van der Waals surface area contributed by atoms with E-state index in [2.05, 4.69) is 22.7 Å². The van der Waals surface area contributed by atoms with E-state index in [1.54, 1.807) is 18.3 Å². The molecule has 4 rings (SSSR count). The number of aryl methyl sites for hydroxylation is 1. The number of nitrogens with one attached hydrogen (secondary N) is 1. The average Bonchev–Trinajstić information content (AvgIpc) is 3.46. The second-order valence-electron chi connectivity index (χ2n) is 7.80. The summed E-state index contributed by atoms with van der Waals surface area (Å²) >= 11 is 3.91. The number of hydrogen-bond acceptors (Lipinski definition) is 6. The van der Waals surface area contributed by atoms with Gasteiger partial charge in [-0.15, -0.1) is 23.5 Å². The predicted molar refractivity (Wildman–Crippen MR) is 139 cm³/mol. The lowest BCUT2D eigenvalue weighted by atomic mass is 10.2. The Balaban J connectivity index is 1.32. The van der Waals surface area contributed by atoms with Gasteiger partial charge in [-0.1, -0.05) is 12.1 Å². The van der Waals surface area contributed by atoms with E-state index in [-0.39, 0.29) is 12.5 Å². The molecule has 1 saturated heterocycles. The number of hydrazone groups is 1. The van der Waals surface area contributed by atoms with Crippen LogP contribution in [-0.2, 0) is 4.79 Å². The van der Waals surface area contributed by atoms with Gasteiger partial charge in [0.1, 0.15) is 5.75 Å². The Morgan fingerprint density at radius 1 is 1.12 bits per heavy atom. The largest absolute Gasteiger partial charge is 0.484 e. The number of nitrogens with two attached hydrogens (primary N) is 1. The minimum Gasteiger partial charge on any atom is -0.484 e. The Bertz CT molecular complexity index is 1200. The molecule has 0 atom stereocenters. The highest BCUT2D eigenvalue weighted by atomic mass is 32.2. The lowest BCUT2D eigenvalue weighted by molar-refractivity contribution is -0.123. The molecule has 3 aromatic rings. The summed E-state index contributed by atoms with van der Waals surface area (Å²) in [5.41, 5.74) is 13.3. The first kappa shape index (κ1) is 24.0. The van der Waals surface area contributed by atoms with Crippen LogP contribution in [0.3, 0.4) is 0 Å². The number of aromatic nitrogens is 1. The van der Waals surface area contributed by atoms with Crippen molar-refractivity contribution in [1.82, 2.24) is 9.99 Å². The third-order valence-corrected chi connectivity index (χ3v) is 8.52. The van der Waals surface area contributed by atoms with E-state index < -0.39 is 5.91 Å². The molecule has 3 N–H and O–H groups in total. The maximum Gasteiger partial charge on any atom is 0.277 e. The van der Waals surface area contributed by atoms with Crippen LogP contribution in [0.5, 0.6) is 5.75 Å². The first-order valence-electron chi connectivity index (χ1n) is 10.8. The highest BCUT2D eigenvalue weighted by molar-refractivity contribution is 8.19. The Morgan fingerprint density at radius 2 is 1.79 bits per heavy atom. The van der Waals surface area contributed by atoms with E-state index in [9.17, 15) is 9.59 Å². The smallest absolute Gasteiger partial charge is 0.277 e. The number of ether oxygens (including phenoxy) is 1. The molecular formula is C25H26N4O3S2. The second kappa shape index (κ2) is 10.8. The van der Waals surface area contributed by atoms with E-state index in [0.29, 0.717) is 15.9 Å². The molecule has 2 aromatic carbocycles. The Labute approximate surface area is 207 Å². The summed E-state index contributed by atoms with van der Waals surface area (Å²) in [4.78, 5) is 23.5. The molecule has 7 nitrogen and oxygen atoms in total. The number of amides is 2. The van der Waals surface area contributed by atoms with Crippen molar-refractivity contribution in [2.75, 3.05) is 18.1 Å². The summed E-state index contributed by atoms with van der Waals surface area (Å²) in [6, 6.07) is 17.0. The fourth-order valence-electron chi connectivity index (χ4n) is 3.72. The number of nitrogens with zero attached hydrogens (tertiary/aromatic N) is 2. The van der Waals surface area contributed by atoms with Gasteiger partial charge in [0.25, 0.3) is 5.91 Å². The topological polar surface area (TPSA) is 98.7 Å². The molecule has 0 bridgehead atoms. The molecular weight excluding hydrogens is 468 g/mol. The van der Waals surface area contributed by atoms with Crippen LogP contribution in [0.4, 0.5) is 0 Å².